The van der Waals surface area contributed by atoms with Crippen LogP contribution in [0.4, 0.5) is 9.80 Å². The maximum Gasteiger partial charge on any atom is 0.428 e. The van der Waals surface area contributed by atoms with Gasteiger partial charge in [-0.15, -0.1) is 11.3 Å². The summed E-state index contributed by atoms with van der Waals surface area (Å²) in [5.74, 6) is 1.28. The van der Waals surface area contributed by atoms with Crippen LogP contribution in [0.1, 0.15) is 56.4 Å². The summed E-state index contributed by atoms with van der Waals surface area (Å²) in [7, 11) is 1.15. The van der Waals surface area contributed by atoms with E-state index in [1.807, 2.05) is 30.5 Å². The fourth-order valence-corrected chi connectivity index (χ4v) is 5.90. The van der Waals surface area contributed by atoms with Crippen LogP contribution in [0.25, 0.3) is 11.1 Å². The van der Waals surface area contributed by atoms with E-state index in [1.54, 1.807) is 6.20 Å². The molecule has 0 spiro atoms. The van der Waals surface area contributed by atoms with Crippen LogP contribution in [0.2, 0.25) is 0 Å². The molecule has 186 valence electrons. The molecule has 0 saturated carbocycles. The van der Waals surface area contributed by atoms with Crippen molar-refractivity contribution in [3.63, 3.8) is 0 Å². The van der Waals surface area contributed by atoms with E-state index in [9.17, 15) is 18.8 Å². The van der Waals surface area contributed by atoms with Crippen LogP contribution in [0.5, 0.6) is 0 Å². The number of anilines is 1. The number of aromatic nitrogens is 2. The molecule has 2 heterocycles. The summed E-state index contributed by atoms with van der Waals surface area (Å²) in [5, 5.41) is 10.2. The Labute approximate surface area is 212 Å². The summed E-state index contributed by atoms with van der Waals surface area (Å²) in [4.78, 5) is 17.8. The highest BCUT2D eigenvalue weighted by Gasteiger charge is 2.29. The number of benzene rings is 1. The van der Waals surface area contributed by atoms with Crippen molar-refractivity contribution in [1.82, 2.24) is 9.55 Å². The number of imidazole rings is 1. The molecule has 2 aromatic heterocycles. The van der Waals surface area contributed by atoms with E-state index in [4.69, 9.17) is 4.74 Å². The highest BCUT2D eigenvalue weighted by molar-refractivity contribution is 7.82. The molecule has 3 rings (SSSR count). The summed E-state index contributed by atoms with van der Waals surface area (Å²) in [6, 6.07) is 9.69. The van der Waals surface area contributed by atoms with Crippen molar-refractivity contribution in [3.05, 3.63) is 58.5 Å². The number of rotatable bonds is 7. The molecule has 0 saturated heterocycles. The lowest BCUT2D eigenvalue weighted by molar-refractivity contribution is 0.183. The number of nitriles is 1. The van der Waals surface area contributed by atoms with Gasteiger partial charge in [0.2, 0.25) is 0 Å². The van der Waals surface area contributed by atoms with Crippen LogP contribution in [-0.4, -0.2) is 31.5 Å². The van der Waals surface area contributed by atoms with Gasteiger partial charge in [-0.05, 0) is 30.0 Å². The van der Waals surface area contributed by atoms with E-state index < -0.39 is 17.4 Å². The third-order valence-corrected chi connectivity index (χ3v) is 7.19. The highest BCUT2D eigenvalue weighted by atomic mass is 32.2. The predicted octanol–water partition coefficient (Wildman–Crippen LogP) is 5.74. The Morgan fingerprint density at radius 3 is 2.60 bits per heavy atom. The number of carbonyl (C=O) groups excluding carboxylic acids is 1. The second-order valence-electron chi connectivity index (χ2n) is 9.65. The van der Waals surface area contributed by atoms with Gasteiger partial charge in [0.15, 0.2) is 0 Å². The van der Waals surface area contributed by atoms with Gasteiger partial charge in [0.1, 0.15) is 10.8 Å². The zero-order valence-electron chi connectivity index (χ0n) is 20.7. The monoisotopic (exact) mass is 514 g/mol. The average molecular weight is 515 g/mol. The first-order valence-corrected chi connectivity index (χ1v) is 13.0. The van der Waals surface area contributed by atoms with Gasteiger partial charge in [0.25, 0.3) is 11.3 Å². The summed E-state index contributed by atoms with van der Waals surface area (Å²) in [6.45, 7) is 11.0. The molecule has 0 aliphatic rings. The zero-order valence-corrected chi connectivity index (χ0v) is 22.4. The number of nitrogens with zero attached hydrogens (tertiary/aromatic N) is 4. The molecule has 8 nitrogen and oxygen atoms in total. The van der Waals surface area contributed by atoms with Crippen molar-refractivity contribution >= 4 is 33.7 Å². The smallest absolute Gasteiger partial charge is 0.428 e. The lowest BCUT2D eigenvalue weighted by atomic mass is 9.95. The van der Waals surface area contributed by atoms with Gasteiger partial charge in [-0.25, -0.2) is 14.0 Å². The minimum absolute atomic E-state index is 0.128. The zero-order chi connectivity index (χ0) is 25.9. The van der Waals surface area contributed by atoms with Gasteiger partial charge >= 0.3 is 6.09 Å². The fourth-order valence-electron chi connectivity index (χ4n) is 3.87. The molecule has 0 bridgehead atoms. The van der Waals surface area contributed by atoms with Gasteiger partial charge in [-0.2, -0.15) is 9.57 Å². The van der Waals surface area contributed by atoms with E-state index >= 15 is 0 Å². The van der Waals surface area contributed by atoms with Gasteiger partial charge in [0, 0.05) is 40.4 Å². The van der Waals surface area contributed by atoms with Gasteiger partial charge in [0.05, 0.1) is 18.7 Å². The molecule has 10 heteroatoms. The topological polar surface area (TPSA) is 108 Å². The molecule has 0 aliphatic heterocycles. The Hall–Kier alpha value is -3.00. The van der Waals surface area contributed by atoms with Crippen LogP contribution in [0, 0.1) is 17.2 Å². The Bertz CT molecular complexity index is 1280. The maximum absolute atomic E-state index is 12.4. The average Bonchev–Trinajstić information content (AvgIpc) is 3.40. The Balaban J connectivity index is 2.10. The first-order chi connectivity index (χ1) is 16.5. The van der Waals surface area contributed by atoms with Gasteiger partial charge in [-0.3, -0.25) is 4.55 Å². The number of methoxy groups -OCH3 is 1. The van der Waals surface area contributed by atoms with E-state index in [0.717, 1.165) is 29.8 Å². The van der Waals surface area contributed by atoms with Crippen molar-refractivity contribution in [3.8, 4) is 17.2 Å². The highest BCUT2D eigenvalue weighted by Crippen LogP contribution is 2.42. The second-order valence-corrected chi connectivity index (χ2v) is 11.6. The quantitative estimate of drug-likeness (QED) is 0.403. The number of hydrogen-bond acceptors (Lipinski definition) is 6. The second kappa shape index (κ2) is 10.7. The molecule has 1 atom stereocenters. The summed E-state index contributed by atoms with van der Waals surface area (Å²) < 4.78 is 29.5. The van der Waals surface area contributed by atoms with E-state index in [2.05, 4.69) is 50.2 Å². The van der Waals surface area contributed by atoms with Gasteiger partial charge < -0.3 is 9.30 Å². The third kappa shape index (κ3) is 5.99. The van der Waals surface area contributed by atoms with Crippen molar-refractivity contribution in [1.29, 1.82) is 5.26 Å². The largest absolute Gasteiger partial charge is 0.452 e. The van der Waals surface area contributed by atoms with Crippen LogP contribution in [0.3, 0.4) is 0 Å². The lowest BCUT2D eigenvalue weighted by Crippen LogP contribution is -2.32. The lowest BCUT2D eigenvalue weighted by Gasteiger charge is -2.20. The number of amides is 1. The van der Waals surface area contributed by atoms with Crippen molar-refractivity contribution < 1.29 is 18.3 Å². The van der Waals surface area contributed by atoms with E-state index in [0.29, 0.717) is 33.5 Å². The molecule has 1 aromatic carbocycles. The van der Waals surface area contributed by atoms with Gasteiger partial charge in [-0.1, -0.05) is 46.8 Å². The maximum atomic E-state index is 12.4. The third-order valence-electron chi connectivity index (χ3n) is 5.29. The summed E-state index contributed by atoms with van der Waals surface area (Å²) >= 11 is -1.39. The summed E-state index contributed by atoms with van der Waals surface area (Å²) in [6.07, 6.45) is 3.46. The van der Waals surface area contributed by atoms with E-state index in [-0.39, 0.29) is 10.4 Å². The van der Waals surface area contributed by atoms with Crippen molar-refractivity contribution in [2.24, 2.45) is 5.92 Å². The SMILES string of the molecule is COC(=O)N(c1sc(CC(C)C)cc1-c1ccc(Cn2ccnc2C(C)(C)C)cc1C#N)S(=O)O. The Kier molecular flexibility index (Phi) is 8.15. The number of ether oxygens (including phenoxy) is 1. The first kappa shape index (κ1) is 26.6. The Morgan fingerprint density at radius 2 is 2.03 bits per heavy atom. The van der Waals surface area contributed by atoms with Crippen LogP contribution in [-0.2, 0) is 34.4 Å². The predicted molar refractivity (Wildman–Crippen MR) is 139 cm³/mol. The minimum Gasteiger partial charge on any atom is -0.452 e. The first-order valence-electron chi connectivity index (χ1n) is 11.1. The molecular formula is C25H30N4O4S2. The molecule has 1 unspecified atom stereocenters. The summed E-state index contributed by atoms with van der Waals surface area (Å²) in [5.41, 5.74) is 2.32. The number of carbonyl (C=O) groups is 1. The molecular weight excluding hydrogens is 484 g/mol. The normalized spacial score (nSPS) is 12.4. The molecule has 0 radical (unpaired) electrons. The Morgan fingerprint density at radius 1 is 1.31 bits per heavy atom. The minimum atomic E-state index is -2.64. The standard InChI is InChI=1S/C25H30N4O4S2/c1-16(2)11-19-13-21(22(34-19)29(35(31)32)24(30)33-6)20-8-7-17(12-18(20)14-26)15-28-10-9-27-23(28)25(3,4)5/h7-10,12-13,16H,11,15H2,1-6H3,(H,31,32). The fraction of sp³-hybridized carbons (Fsp3) is 0.400. The van der Waals surface area contributed by atoms with Crippen LogP contribution < -0.4 is 4.31 Å². The number of hydrogen-bond donors (Lipinski definition) is 1. The van der Waals surface area contributed by atoms with Crippen LogP contribution >= 0.6 is 11.3 Å². The molecule has 0 fully saturated rings. The van der Waals surface area contributed by atoms with Crippen molar-refractivity contribution in [2.45, 2.75) is 53.0 Å². The molecule has 35 heavy (non-hydrogen) atoms. The number of thiophene rings is 1. The van der Waals surface area contributed by atoms with E-state index in [1.165, 1.54) is 11.3 Å². The van der Waals surface area contributed by atoms with Crippen LogP contribution in [0.15, 0.2) is 36.7 Å². The molecule has 1 N–H and O–H groups in total. The van der Waals surface area contributed by atoms with Crippen molar-refractivity contribution in [2.75, 3.05) is 11.4 Å². The molecule has 3 aromatic rings. The molecule has 0 aliphatic carbocycles. The molecule has 1 amide bonds.